The molecule has 48 heavy (non-hydrogen) atoms. The number of rotatable bonds is 14. The Labute approximate surface area is 276 Å². The summed E-state index contributed by atoms with van der Waals surface area (Å²) in [5.41, 5.74) is 3.29. The SMILES string of the molecule is O=CO[C@H]1[C@@H](O)[C@H](n2cnc3c(NCC(c4ccccc4)c4ccccc4)nc(NCCN4CCOCC4)nc32)O[C@@H]1Cn1nccn1. The molecule has 2 fully saturated rings. The molecule has 0 spiro atoms. The molecule has 7 rings (SSSR count). The van der Waals surface area contributed by atoms with Crippen molar-refractivity contribution in [2.75, 3.05) is 56.6 Å². The smallest absolute Gasteiger partial charge is 0.293 e. The first-order chi connectivity index (χ1) is 23.7. The highest BCUT2D eigenvalue weighted by Gasteiger charge is 2.47. The summed E-state index contributed by atoms with van der Waals surface area (Å²) < 4.78 is 18.7. The second-order valence-corrected chi connectivity index (χ2v) is 11.7. The number of hydrogen-bond acceptors (Lipinski definition) is 13. The first kappa shape index (κ1) is 31.6. The van der Waals surface area contributed by atoms with Crippen LogP contribution in [0, 0.1) is 0 Å². The number of benzene rings is 2. The van der Waals surface area contributed by atoms with Crippen LogP contribution in [0.5, 0.6) is 0 Å². The number of ether oxygens (including phenoxy) is 3. The van der Waals surface area contributed by atoms with E-state index in [2.05, 4.69) is 55.0 Å². The van der Waals surface area contributed by atoms with Crippen LogP contribution in [0.4, 0.5) is 11.8 Å². The van der Waals surface area contributed by atoms with E-state index in [1.807, 2.05) is 36.4 Å². The Morgan fingerprint density at radius 3 is 2.38 bits per heavy atom. The van der Waals surface area contributed by atoms with E-state index in [0.717, 1.165) is 44.0 Å². The second-order valence-electron chi connectivity index (χ2n) is 11.7. The minimum atomic E-state index is -1.21. The molecule has 0 aliphatic carbocycles. The van der Waals surface area contributed by atoms with Crippen LogP contribution < -0.4 is 10.6 Å². The zero-order valence-corrected chi connectivity index (χ0v) is 26.3. The monoisotopic (exact) mass is 654 g/mol. The van der Waals surface area contributed by atoms with Gasteiger partial charge in [-0.2, -0.15) is 25.0 Å². The summed E-state index contributed by atoms with van der Waals surface area (Å²) in [6, 6.07) is 20.6. The summed E-state index contributed by atoms with van der Waals surface area (Å²) in [7, 11) is 0. The molecule has 0 saturated carbocycles. The van der Waals surface area contributed by atoms with Gasteiger partial charge in [0.25, 0.3) is 6.47 Å². The average molecular weight is 655 g/mol. The minimum Gasteiger partial charge on any atom is -0.459 e. The van der Waals surface area contributed by atoms with E-state index < -0.39 is 24.5 Å². The van der Waals surface area contributed by atoms with Gasteiger partial charge in [0.15, 0.2) is 29.3 Å². The number of fused-ring (bicyclic) bond motifs is 1. The third-order valence-electron chi connectivity index (χ3n) is 8.72. The quantitative estimate of drug-likeness (QED) is 0.149. The van der Waals surface area contributed by atoms with E-state index in [4.69, 9.17) is 24.2 Å². The highest BCUT2D eigenvalue weighted by molar-refractivity contribution is 5.84. The maximum Gasteiger partial charge on any atom is 0.293 e. The molecule has 0 bridgehead atoms. The van der Waals surface area contributed by atoms with Crippen LogP contribution in [-0.2, 0) is 25.5 Å². The van der Waals surface area contributed by atoms with E-state index in [1.54, 1.807) is 23.3 Å². The highest BCUT2D eigenvalue weighted by Crippen LogP contribution is 2.35. The first-order valence-corrected chi connectivity index (χ1v) is 16.1. The number of hydrogen-bond donors (Lipinski definition) is 3. The van der Waals surface area contributed by atoms with Gasteiger partial charge < -0.3 is 30.0 Å². The Morgan fingerprint density at radius 2 is 1.69 bits per heavy atom. The number of aliphatic hydroxyl groups excluding tert-OH is 1. The molecular weight excluding hydrogens is 616 g/mol. The summed E-state index contributed by atoms with van der Waals surface area (Å²) in [5, 5.41) is 26.6. The minimum absolute atomic E-state index is 0.0372. The molecule has 3 N–H and O–H groups in total. The first-order valence-electron chi connectivity index (χ1n) is 16.1. The van der Waals surface area contributed by atoms with Crippen LogP contribution >= 0.6 is 0 Å². The van der Waals surface area contributed by atoms with E-state index >= 15 is 0 Å². The van der Waals surface area contributed by atoms with Crippen molar-refractivity contribution in [3.63, 3.8) is 0 Å². The van der Waals surface area contributed by atoms with Crippen LogP contribution in [0.3, 0.4) is 0 Å². The van der Waals surface area contributed by atoms with Gasteiger partial charge in [0, 0.05) is 38.6 Å². The summed E-state index contributed by atoms with van der Waals surface area (Å²) in [5.74, 6) is 0.978. The summed E-state index contributed by atoms with van der Waals surface area (Å²) in [4.78, 5) is 29.5. The molecule has 0 radical (unpaired) electrons. The highest BCUT2D eigenvalue weighted by atomic mass is 16.6. The lowest BCUT2D eigenvalue weighted by molar-refractivity contribution is -0.140. The second kappa shape index (κ2) is 14.9. The fraction of sp³-hybridized carbons (Fsp3) is 0.394. The van der Waals surface area contributed by atoms with Crippen LogP contribution in [0.1, 0.15) is 23.3 Å². The zero-order chi connectivity index (χ0) is 32.7. The molecule has 0 amide bonds. The molecule has 5 heterocycles. The molecular formula is C33H38N10O5. The lowest BCUT2D eigenvalue weighted by atomic mass is 9.91. The number of carbonyl (C=O) groups excluding carboxylic acids is 1. The molecule has 3 aromatic heterocycles. The zero-order valence-electron chi connectivity index (χ0n) is 26.3. The Hall–Kier alpha value is -4.96. The Morgan fingerprint density at radius 1 is 0.979 bits per heavy atom. The van der Waals surface area contributed by atoms with Crippen LogP contribution in [0.15, 0.2) is 79.4 Å². The third-order valence-corrected chi connectivity index (χ3v) is 8.72. The Bertz CT molecular complexity index is 1710. The number of morpholine rings is 1. The van der Waals surface area contributed by atoms with E-state index in [9.17, 15) is 9.90 Å². The van der Waals surface area contributed by atoms with Gasteiger partial charge in [0.2, 0.25) is 5.95 Å². The number of nitrogens with zero attached hydrogens (tertiary/aromatic N) is 8. The van der Waals surface area contributed by atoms with Gasteiger partial charge in [0.05, 0.1) is 38.5 Å². The van der Waals surface area contributed by atoms with Crippen molar-refractivity contribution in [2.45, 2.75) is 37.0 Å². The number of carbonyl (C=O) groups is 1. The van der Waals surface area contributed by atoms with Gasteiger partial charge in [-0.15, -0.1) is 0 Å². The molecule has 2 aliphatic heterocycles. The molecule has 2 saturated heterocycles. The maximum atomic E-state index is 11.4. The number of imidazole rings is 1. The molecule has 5 aromatic rings. The molecule has 4 atom stereocenters. The fourth-order valence-corrected chi connectivity index (χ4v) is 6.28. The average Bonchev–Trinajstić information content (AvgIpc) is 3.87. The van der Waals surface area contributed by atoms with Crippen LogP contribution in [0.2, 0.25) is 0 Å². The predicted molar refractivity (Wildman–Crippen MR) is 175 cm³/mol. The maximum absolute atomic E-state index is 11.4. The molecule has 250 valence electrons. The van der Waals surface area contributed by atoms with Crippen molar-refractivity contribution in [1.29, 1.82) is 0 Å². The van der Waals surface area contributed by atoms with E-state index in [-0.39, 0.29) is 12.5 Å². The normalized spacial score (nSPS) is 21.5. The summed E-state index contributed by atoms with van der Waals surface area (Å²) >= 11 is 0. The standard InChI is InChI=1S/C33H38N10O5/c44-22-47-29-26(20-43-37-11-12-38-43)48-32(28(29)45)42-21-36-27-30(39-33(40-31(27)42)34-13-14-41-15-17-46-18-16-41)35-19-25(23-7-3-1-4-8-23)24-9-5-2-6-10-24/h1-12,21-22,25-26,28-29,32,45H,13-20H2,(H2,34,35,39,40)/t26-,28-,29-,32-/m1/s1. The van der Waals surface area contributed by atoms with Crippen molar-refractivity contribution in [3.8, 4) is 0 Å². The van der Waals surface area contributed by atoms with Crippen molar-refractivity contribution in [3.05, 3.63) is 90.5 Å². The predicted octanol–water partition coefficient (Wildman–Crippen LogP) is 1.91. The van der Waals surface area contributed by atoms with Gasteiger partial charge in [-0.25, -0.2) is 4.98 Å². The lowest BCUT2D eigenvalue weighted by Gasteiger charge is -2.26. The Kier molecular flexibility index (Phi) is 9.79. The van der Waals surface area contributed by atoms with Gasteiger partial charge in [-0.3, -0.25) is 14.3 Å². The molecule has 0 unspecified atom stereocenters. The van der Waals surface area contributed by atoms with Crippen LogP contribution in [0.25, 0.3) is 11.2 Å². The number of aromatic nitrogens is 7. The van der Waals surface area contributed by atoms with Crippen molar-refractivity contribution in [2.24, 2.45) is 0 Å². The van der Waals surface area contributed by atoms with Crippen molar-refractivity contribution >= 4 is 29.4 Å². The van der Waals surface area contributed by atoms with Gasteiger partial charge in [0.1, 0.15) is 12.2 Å². The third kappa shape index (κ3) is 6.99. The molecule has 2 aromatic carbocycles. The molecule has 15 heteroatoms. The number of aliphatic hydroxyl groups is 1. The largest absolute Gasteiger partial charge is 0.459 e. The summed E-state index contributed by atoms with van der Waals surface area (Å²) in [6.45, 7) is 5.62. The molecule has 2 aliphatic rings. The Balaban J connectivity index is 1.19. The molecule has 15 nitrogen and oxygen atoms in total. The van der Waals surface area contributed by atoms with Gasteiger partial charge in [-0.05, 0) is 11.1 Å². The van der Waals surface area contributed by atoms with Crippen molar-refractivity contribution < 1.29 is 24.1 Å². The fourth-order valence-electron chi connectivity index (χ4n) is 6.28. The van der Waals surface area contributed by atoms with Crippen molar-refractivity contribution in [1.82, 2.24) is 39.4 Å². The number of anilines is 2. The topological polar surface area (TPSA) is 167 Å². The van der Waals surface area contributed by atoms with E-state index in [0.29, 0.717) is 42.5 Å². The van der Waals surface area contributed by atoms with Gasteiger partial charge in [-0.1, -0.05) is 60.7 Å². The number of nitrogens with one attached hydrogen (secondary N) is 2. The van der Waals surface area contributed by atoms with Crippen LogP contribution in [-0.4, -0.2) is 115 Å². The van der Waals surface area contributed by atoms with E-state index in [1.165, 1.54) is 4.80 Å². The van der Waals surface area contributed by atoms with Gasteiger partial charge >= 0.3 is 0 Å². The summed E-state index contributed by atoms with van der Waals surface area (Å²) in [6.07, 6.45) is 0.807. The lowest BCUT2D eigenvalue weighted by Crippen LogP contribution is -2.39.